The van der Waals surface area contributed by atoms with E-state index >= 15 is 0 Å². The molecular formula is C20H33NO. The maximum absolute atomic E-state index is 12.5. The largest absolute Gasteiger partial charge is 0.326 e. The van der Waals surface area contributed by atoms with Crippen molar-refractivity contribution in [1.29, 1.82) is 0 Å². The molecule has 0 saturated heterocycles. The fraction of sp³-hybridized carbons (Fsp3) is 0.650. The molecule has 0 saturated carbocycles. The second kappa shape index (κ2) is 11.3. The molecule has 2 heteroatoms. The molecule has 124 valence electrons. The number of benzene rings is 1. The molecule has 0 aliphatic heterocycles. The van der Waals surface area contributed by atoms with Crippen LogP contribution < -0.4 is 5.32 Å². The molecule has 1 aromatic carbocycles. The van der Waals surface area contributed by atoms with E-state index in [2.05, 4.69) is 26.1 Å². The van der Waals surface area contributed by atoms with Crippen molar-refractivity contribution in [2.75, 3.05) is 5.32 Å². The fourth-order valence-electron chi connectivity index (χ4n) is 2.75. The summed E-state index contributed by atoms with van der Waals surface area (Å²) < 4.78 is 0. The lowest BCUT2D eigenvalue weighted by Gasteiger charge is -2.17. The molecule has 0 spiro atoms. The highest BCUT2D eigenvalue weighted by Crippen LogP contribution is 2.20. The third-order valence-electron chi connectivity index (χ3n) is 4.25. The van der Waals surface area contributed by atoms with Gasteiger partial charge in [-0.25, -0.2) is 0 Å². The first-order chi connectivity index (χ1) is 10.7. The molecule has 1 N–H and O–H groups in total. The monoisotopic (exact) mass is 303 g/mol. The summed E-state index contributed by atoms with van der Waals surface area (Å²) in [7, 11) is 0. The van der Waals surface area contributed by atoms with Gasteiger partial charge in [0.25, 0.3) is 0 Å². The summed E-state index contributed by atoms with van der Waals surface area (Å²) in [6.07, 6.45) is 10.6. The molecule has 1 amide bonds. The summed E-state index contributed by atoms with van der Waals surface area (Å²) in [6, 6.07) is 8.08. The van der Waals surface area contributed by atoms with Crippen LogP contribution in [0.3, 0.4) is 0 Å². The lowest BCUT2D eigenvalue weighted by molar-refractivity contribution is -0.120. The number of carbonyl (C=O) groups excluding carboxylic acids is 1. The minimum absolute atomic E-state index is 0.171. The molecule has 2 nitrogen and oxygen atoms in total. The number of carbonyl (C=O) groups is 1. The summed E-state index contributed by atoms with van der Waals surface area (Å²) in [5.74, 6) is 0.376. The lowest BCUT2D eigenvalue weighted by atomic mass is 9.94. The van der Waals surface area contributed by atoms with Crippen molar-refractivity contribution in [2.24, 2.45) is 5.92 Å². The molecule has 1 atom stereocenters. The number of rotatable bonds is 11. The number of amides is 1. The van der Waals surface area contributed by atoms with E-state index in [1.807, 2.05) is 24.3 Å². The SMILES string of the molecule is CCCCCCC(CCCCC)C(=O)Nc1ccc(C)cc1. The number of aryl methyl sites for hydroxylation is 1. The van der Waals surface area contributed by atoms with Gasteiger partial charge in [0.2, 0.25) is 5.91 Å². The average molecular weight is 303 g/mol. The van der Waals surface area contributed by atoms with Gasteiger partial charge in [0.05, 0.1) is 0 Å². The number of hydrogen-bond acceptors (Lipinski definition) is 1. The van der Waals surface area contributed by atoms with Crippen LogP contribution in [0.4, 0.5) is 5.69 Å². The van der Waals surface area contributed by atoms with Crippen molar-refractivity contribution in [2.45, 2.75) is 78.6 Å². The molecule has 1 rings (SSSR count). The third-order valence-corrected chi connectivity index (χ3v) is 4.25. The molecule has 0 bridgehead atoms. The summed E-state index contributed by atoms with van der Waals surface area (Å²) in [5.41, 5.74) is 2.14. The van der Waals surface area contributed by atoms with Crippen LogP contribution in [-0.4, -0.2) is 5.91 Å². The zero-order valence-electron chi connectivity index (χ0n) is 14.7. The molecule has 0 aliphatic rings. The van der Waals surface area contributed by atoms with Crippen LogP contribution in [0, 0.1) is 12.8 Å². The molecule has 0 heterocycles. The maximum atomic E-state index is 12.5. The summed E-state index contributed by atoms with van der Waals surface area (Å²) in [5, 5.41) is 3.10. The van der Waals surface area contributed by atoms with Crippen LogP contribution in [0.2, 0.25) is 0 Å². The fourth-order valence-corrected chi connectivity index (χ4v) is 2.75. The Morgan fingerprint density at radius 1 is 0.909 bits per heavy atom. The van der Waals surface area contributed by atoms with Gasteiger partial charge < -0.3 is 5.32 Å². The standard InChI is InChI=1S/C20H33NO/c1-4-6-8-10-12-18(11-9-7-5-2)20(22)21-19-15-13-17(3)14-16-19/h13-16,18H,4-12H2,1-3H3,(H,21,22). The molecule has 1 aromatic rings. The number of unbranched alkanes of at least 4 members (excludes halogenated alkanes) is 5. The summed E-state index contributed by atoms with van der Waals surface area (Å²) in [6.45, 7) is 6.50. The molecule has 1 unspecified atom stereocenters. The van der Waals surface area contributed by atoms with E-state index < -0.39 is 0 Å². The highest BCUT2D eigenvalue weighted by molar-refractivity contribution is 5.92. The Bertz CT molecular complexity index is 410. The van der Waals surface area contributed by atoms with E-state index in [-0.39, 0.29) is 11.8 Å². The van der Waals surface area contributed by atoms with Gasteiger partial charge in [-0.1, -0.05) is 76.5 Å². The number of anilines is 1. The van der Waals surface area contributed by atoms with Gasteiger partial charge in [-0.05, 0) is 31.9 Å². The van der Waals surface area contributed by atoms with Crippen molar-refractivity contribution < 1.29 is 4.79 Å². The van der Waals surface area contributed by atoms with E-state index in [4.69, 9.17) is 0 Å². The van der Waals surface area contributed by atoms with Crippen LogP contribution >= 0.6 is 0 Å². The Morgan fingerprint density at radius 3 is 2.05 bits per heavy atom. The predicted molar refractivity (Wildman–Crippen MR) is 96.2 cm³/mol. The average Bonchev–Trinajstić information content (AvgIpc) is 2.52. The van der Waals surface area contributed by atoms with Crippen molar-refractivity contribution in [3.8, 4) is 0 Å². The first-order valence-electron chi connectivity index (χ1n) is 9.04. The van der Waals surface area contributed by atoms with E-state index in [1.165, 1.54) is 44.1 Å². The van der Waals surface area contributed by atoms with Gasteiger partial charge in [0, 0.05) is 11.6 Å². The topological polar surface area (TPSA) is 29.1 Å². The van der Waals surface area contributed by atoms with E-state index in [1.54, 1.807) is 0 Å². The predicted octanol–water partition coefficient (Wildman–Crippen LogP) is 6.10. The second-order valence-corrected chi connectivity index (χ2v) is 6.40. The van der Waals surface area contributed by atoms with Crippen LogP contribution in [-0.2, 0) is 4.79 Å². The van der Waals surface area contributed by atoms with Crippen LogP contribution in [0.1, 0.15) is 77.2 Å². The Balaban J connectivity index is 2.51. The minimum Gasteiger partial charge on any atom is -0.326 e. The first-order valence-corrected chi connectivity index (χ1v) is 9.04. The zero-order chi connectivity index (χ0) is 16.2. The van der Waals surface area contributed by atoms with Crippen LogP contribution in [0.25, 0.3) is 0 Å². The molecule has 0 radical (unpaired) electrons. The normalized spacial score (nSPS) is 12.1. The molecule has 22 heavy (non-hydrogen) atoms. The maximum Gasteiger partial charge on any atom is 0.227 e. The van der Waals surface area contributed by atoms with Gasteiger partial charge in [0.1, 0.15) is 0 Å². The van der Waals surface area contributed by atoms with Gasteiger partial charge >= 0.3 is 0 Å². The first kappa shape index (κ1) is 18.7. The zero-order valence-corrected chi connectivity index (χ0v) is 14.7. The summed E-state index contributed by atoms with van der Waals surface area (Å²) in [4.78, 5) is 12.5. The molecular weight excluding hydrogens is 270 g/mol. The van der Waals surface area contributed by atoms with Crippen molar-refractivity contribution in [3.05, 3.63) is 29.8 Å². The van der Waals surface area contributed by atoms with Crippen LogP contribution in [0.5, 0.6) is 0 Å². The highest BCUT2D eigenvalue weighted by Gasteiger charge is 2.17. The van der Waals surface area contributed by atoms with Crippen molar-refractivity contribution >= 4 is 11.6 Å². The lowest BCUT2D eigenvalue weighted by Crippen LogP contribution is -2.23. The van der Waals surface area contributed by atoms with Gasteiger partial charge in [-0.3, -0.25) is 4.79 Å². The minimum atomic E-state index is 0.171. The number of hydrogen-bond donors (Lipinski definition) is 1. The van der Waals surface area contributed by atoms with Crippen molar-refractivity contribution in [1.82, 2.24) is 0 Å². The van der Waals surface area contributed by atoms with E-state index in [9.17, 15) is 4.79 Å². The smallest absolute Gasteiger partial charge is 0.227 e. The molecule has 0 fully saturated rings. The van der Waals surface area contributed by atoms with E-state index in [0.29, 0.717) is 0 Å². The van der Waals surface area contributed by atoms with Crippen molar-refractivity contribution in [3.63, 3.8) is 0 Å². The highest BCUT2D eigenvalue weighted by atomic mass is 16.1. The Labute approximate surface area is 136 Å². The van der Waals surface area contributed by atoms with Gasteiger partial charge in [-0.2, -0.15) is 0 Å². The number of nitrogens with one attached hydrogen (secondary N) is 1. The Hall–Kier alpha value is -1.31. The second-order valence-electron chi connectivity index (χ2n) is 6.40. The van der Waals surface area contributed by atoms with Crippen LogP contribution in [0.15, 0.2) is 24.3 Å². The summed E-state index contributed by atoms with van der Waals surface area (Å²) >= 11 is 0. The Kier molecular flexibility index (Phi) is 9.61. The quantitative estimate of drug-likeness (QED) is 0.492. The van der Waals surface area contributed by atoms with E-state index in [0.717, 1.165) is 24.9 Å². The van der Waals surface area contributed by atoms with Gasteiger partial charge in [-0.15, -0.1) is 0 Å². The Morgan fingerprint density at radius 2 is 1.45 bits per heavy atom. The molecule has 0 aromatic heterocycles. The van der Waals surface area contributed by atoms with Gasteiger partial charge in [0.15, 0.2) is 0 Å². The third kappa shape index (κ3) is 7.63. The molecule has 0 aliphatic carbocycles.